The van der Waals surface area contributed by atoms with Gasteiger partial charge in [-0.05, 0) is 12.5 Å². The molecule has 74 valence electrons. The molecule has 0 amide bonds. The van der Waals surface area contributed by atoms with E-state index in [-0.39, 0.29) is 12.2 Å². The molecular formula is C11H12O3. The quantitative estimate of drug-likeness (QED) is 0.453. The van der Waals surface area contributed by atoms with Crippen molar-refractivity contribution >= 4 is 5.97 Å². The summed E-state index contributed by atoms with van der Waals surface area (Å²) in [7, 11) is 0. The lowest BCUT2D eigenvalue weighted by Crippen LogP contribution is -2.05. The van der Waals surface area contributed by atoms with E-state index in [4.69, 9.17) is 9.84 Å². The molecule has 14 heavy (non-hydrogen) atoms. The molecule has 0 aromatic heterocycles. The Balaban J connectivity index is 2.46. The number of hydrogen-bond acceptors (Lipinski definition) is 3. The fraction of sp³-hybridized carbons (Fsp3) is 0.182. The van der Waals surface area contributed by atoms with Crippen molar-refractivity contribution in [3.8, 4) is 0 Å². The third kappa shape index (κ3) is 2.94. The Bertz CT molecular complexity index is 328. The Morgan fingerprint density at radius 2 is 2.07 bits per heavy atom. The fourth-order valence-corrected chi connectivity index (χ4v) is 0.890. The number of aliphatic hydroxyl groups excluding tert-OH is 1. The zero-order valence-corrected chi connectivity index (χ0v) is 7.93. The summed E-state index contributed by atoms with van der Waals surface area (Å²) < 4.78 is 4.91. The summed E-state index contributed by atoms with van der Waals surface area (Å²) in [5.74, 6) is -0.503. The Morgan fingerprint density at radius 1 is 1.43 bits per heavy atom. The molecule has 1 rings (SSSR count). The summed E-state index contributed by atoms with van der Waals surface area (Å²) in [5, 5.41) is 8.54. The third-order valence-corrected chi connectivity index (χ3v) is 1.73. The van der Waals surface area contributed by atoms with Crippen LogP contribution >= 0.6 is 0 Å². The van der Waals surface area contributed by atoms with E-state index in [9.17, 15) is 4.79 Å². The second kappa shape index (κ2) is 5.07. The molecule has 0 aliphatic heterocycles. The van der Waals surface area contributed by atoms with E-state index in [0.717, 1.165) is 11.8 Å². The maximum absolute atomic E-state index is 11.1. The molecule has 0 atom stereocenters. The van der Waals surface area contributed by atoms with Crippen LogP contribution in [-0.2, 0) is 16.1 Å². The highest BCUT2D eigenvalue weighted by Crippen LogP contribution is 2.03. The molecule has 0 aliphatic rings. The van der Waals surface area contributed by atoms with Crippen LogP contribution in [0.5, 0.6) is 0 Å². The Hall–Kier alpha value is -1.77. The summed E-state index contributed by atoms with van der Waals surface area (Å²) in [4.78, 5) is 11.1. The van der Waals surface area contributed by atoms with Crippen molar-refractivity contribution in [2.24, 2.45) is 0 Å². The van der Waals surface area contributed by atoms with Crippen molar-refractivity contribution in [1.29, 1.82) is 0 Å². The number of hydrogen-bond donors (Lipinski definition) is 1. The lowest BCUT2D eigenvalue weighted by molar-refractivity contribution is -0.140. The van der Waals surface area contributed by atoms with E-state index in [0.29, 0.717) is 0 Å². The maximum Gasteiger partial charge on any atom is 0.337 e. The lowest BCUT2D eigenvalue weighted by atomic mass is 10.2. The maximum atomic E-state index is 11.1. The van der Waals surface area contributed by atoms with E-state index in [2.05, 4.69) is 0 Å². The number of rotatable bonds is 3. The van der Waals surface area contributed by atoms with Crippen LogP contribution in [0.2, 0.25) is 0 Å². The average Bonchev–Trinajstić information content (AvgIpc) is 2.26. The van der Waals surface area contributed by atoms with Crippen molar-refractivity contribution in [3.63, 3.8) is 0 Å². The van der Waals surface area contributed by atoms with E-state index in [1.54, 1.807) is 0 Å². The molecule has 0 saturated carbocycles. The highest BCUT2D eigenvalue weighted by molar-refractivity contribution is 5.87. The van der Waals surface area contributed by atoms with Gasteiger partial charge in [-0.25, -0.2) is 4.79 Å². The van der Waals surface area contributed by atoms with Crippen LogP contribution in [0.3, 0.4) is 0 Å². The molecule has 0 spiro atoms. The van der Waals surface area contributed by atoms with E-state index in [1.165, 1.54) is 6.92 Å². The van der Waals surface area contributed by atoms with Crippen molar-refractivity contribution < 1.29 is 14.6 Å². The first kappa shape index (κ1) is 10.3. The minimum atomic E-state index is -0.503. The second-order valence-corrected chi connectivity index (χ2v) is 2.87. The van der Waals surface area contributed by atoms with E-state index >= 15 is 0 Å². The van der Waals surface area contributed by atoms with Gasteiger partial charge in [-0.1, -0.05) is 30.3 Å². The van der Waals surface area contributed by atoms with Crippen LogP contribution in [0, 0.1) is 0 Å². The molecule has 0 unspecified atom stereocenters. The lowest BCUT2D eigenvalue weighted by Gasteiger charge is -2.03. The number of esters is 1. The second-order valence-electron chi connectivity index (χ2n) is 2.87. The van der Waals surface area contributed by atoms with Crippen molar-refractivity contribution in [2.45, 2.75) is 13.5 Å². The van der Waals surface area contributed by atoms with Crippen molar-refractivity contribution in [1.82, 2.24) is 0 Å². The molecule has 0 saturated heterocycles. The Labute approximate surface area is 82.6 Å². The van der Waals surface area contributed by atoms with Crippen molar-refractivity contribution in [2.75, 3.05) is 0 Å². The number of aliphatic hydroxyl groups is 1. The Morgan fingerprint density at radius 3 is 2.64 bits per heavy atom. The SMILES string of the molecule is CC(=CO)C(=O)OCc1ccccc1. The predicted octanol–water partition coefficient (Wildman–Crippen LogP) is 2.19. The van der Waals surface area contributed by atoms with Gasteiger partial charge in [0.05, 0.1) is 11.8 Å². The van der Waals surface area contributed by atoms with Crippen LogP contribution in [0.15, 0.2) is 42.2 Å². The predicted molar refractivity (Wildman–Crippen MR) is 52.6 cm³/mol. The van der Waals surface area contributed by atoms with Gasteiger partial charge >= 0.3 is 5.97 Å². The molecule has 0 fully saturated rings. The summed E-state index contributed by atoms with van der Waals surface area (Å²) >= 11 is 0. The van der Waals surface area contributed by atoms with Gasteiger partial charge in [-0.2, -0.15) is 0 Å². The summed E-state index contributed by atoms with van der Waals surface area (Å²) in [6.07, 6.45) is 0.743. The van der Waals surface area contributed by atoms with Gasteiger partial charge in [-0.3, -0.25) is 0 Å². The van der Waals surface area contributed by atoms with Gasteiger partial charge in [-0.15, -0.1) is 0 Å². The molecule has 0 aliphatic carbocycles. The van der Waals surface area contributed by atoms with Crippen LogP contribution in [0.1, 0.15) is 12.5 Å². The largest absolute Gasteiger partial charge is 0.515 e. The average molecular weight is 192 g/mol. The first-order chi connectivity index (χ1) is 6.74. The van der Waals surface area contributed by atoms with Crippen molar-refractivity contribution in [3.05, 3.63) is 47.7 Å². The monoisotopic (exact) mass is 192 g/mol. The molecule has 1 aromatic rings. The Kier molecular flexibility index (Phi) is 3.73. The van der Waals surface area contributed by atoms with Crippen LogP contribution in [-0.4, -0.2) is 11.1 Å². The zero-order chi connectivity index (χ0) is 10.4. The van der Waals surface area contributed by atoms with Gasteiger partial charge in [0.25, 0.3) is 0 Å². The van der Waals surface area contributed by atoms with E-state index < -0.39 is 5.97 Å². The topological polar surface area (TPSA) is 46.5 Å². The smallest absolute Gasteiger partial charge is 0.337 e. The normalized spacial score (nSPS) is 11.1. The first-order valence-corrected chi connectivity index (χ1v) is 4.26. The summed E-state index contributed by atoms with van der Waals surface area (Å²) in [6, 6.07) is 9.37. The number of carbonyl (C=O) groups is 1. The van der Waals surface area contributed by atoms with Crippen LogP contribution < -0.4 is 0 Å². The summed E-state index contributed by atoms with van der Waals surface area (Å²) in [6.45, 7) is 1.72. The first-order valence-electron chi connectivity index (χ1n) is 4.26. The molecular weight excluding hydrogens is 180 g/mol. The van der Waals surface area contributed by atoms with Crippen LogP contribution in [0.4, 0.5) is 0 Å². The molecule has 3 heteroatoms. The molecule has 1 aromatic carbocycles. The molecule has 3 nitrogen and oxygen atoms in total. The number of ether oxygens (including phenoxy) is 1. The fourth-order valence-electron chi connectivity index (χ4n) is 0.890. The highest BCUT2D eigenvalue weighted by Gasteiger charge is 2.05. The minimum Gasteiger partial charge on any atom is -0.515 e. The standard InChI is InChI=1S/C11H12O3/c1-9(7-12)11(13)14-8-10-5-3-2-4-6-10/h2-7,12H,8H2,1H3. The van der Waals surface area contributed by atoms with Gasteiger partial charge in [0.2, 0.25) is 0 Å². The highest BCUT2D eigenvalue weighted by atomic mass is 16.5. The number of carbonyl (C=O) groups excluding carboxylic acids is 1. The van der Waals surface area contributed by atoms with Gasteiger partial charge in [0.1, 0.15) is 6.61 Å². The molecule has 0 radical (unpaired) electrons. The van der Waals surface area contributed by atoms with Gasteiger partial charge < -0.3 is 9.84 Å². The van der Waals surface area contributed by atoms with E-state index in [1.807, 2.05) is 30.3 Å². The number of benzene rings is 1. The third-order valence-electron chi connectivity index (χ3n) is 1.73. The molecule has 1 N–H and O–H groups in total. The van der Waals surface area contributed by atoms with Gasteiger partial charge in [0, 0.05) is 0 Å². The molecule has 0 bridgehead atoms. The minimum absolute atomic E-state index is 0.195. The zero-order valence-electron chi connectivity index (χ0n) is 7.93. The molecule has 0 heterocycles. The van der Waals surface area contributed by atoms with Gasteiger partial charge in [0.15, 0.2) is 0 Å². The summed E-state index contributed by atoms with van der Waals surface area (Å²) in [5.41, 5.74) is 1.12. The van der Waals surface area contributed by atoms with Crippen LogP contribution in [0.25, 0.3) is 0 Å².